The first-order chi connectivity index (χ1) is 9.40. The van der Waals surface area contributed by atoms with E-state index < -0.39 is 12.7 Å². The summed E-state index contributed by atoms with van der Waals surface area (Å²) < 4.78 is 36.9. The highest BCUT2D eigenvalue weighted by molar-refractivity contribution is 5.61. The van der Waals surface area contributed by atoms with Crippen molar-refractivity contribution in [1.82, 2.24) is 9.80 Å². The van der Waals surface area contributed by atoms with Crippen LogP contribution in [0.2, 0.25) is 0 Å². The number of aliphatic imine (C=N–C) groups is 1. The number of rotatable bonds is 4. The molecule has 1 aliphatic heterocycles. The van der Waals surface area contributed by atoms with Gasteiger partial charge in [-0.05, 0) is 19.9 Å². The Labute approximate surface area is 118 Å². The van der Waals surface area contributed by atoms with E-state index in [1.807, 2.05) is 6.21 Å². The zero-order valence-electron chi connectivity index (χ0n) is 12.2. The predicted molar refractivity (Wildman–Crippen MR) is 74.2 cm³/mol. The number of likely N-dealkylation sites (tertiary alicyclic amines) is 1. The Bertz CT molecular complexity index is 337. The van der Waals surface area contributed by atoms with Crippen LogP contribution in [-0.2, 0) is 0 Å². The molecule has 3 nitrogen and oxygen atoms in total. The predicted octanol–water partition coefficient (Wildman–Crippen LogP) is 2.42. The lowest BCUT2D eigenvalue weighted by Crippen LogP contribution is -2.63. The molecule has 116 valence electrons. The van der Waals surface area contributed by atoms with E-state index in [1.54, 1.807) is 7.05 Å². The molecular formula is C14H24F3N3. The second-order valence-corrected chi connectivity index (χ2v) is 6.05. The van der Waals surface area contributed by atoms with Crippen LogP contribution < -0.4 is 0 Å². The lowest BCUT2D eigenvalue weighted by Gasteiger charge is -2.49. The van der Waals surface area contributed by atoms with Crippen molar-refractivity contribution in [2.24, 2.45) is 10.9 Å². The van der Waals surface area contributed by atoms with Gasteiger partial charge in [0.2, 0.25) is 0 Å². The molecule has 0 bridgehead atoms. The summed E-state index contributed by atoms with van der Waals surface area (Å²) in [4.78, 5) is 7.92. The fourth-order valence-corrected chi connectivity index (χ4v) is 3.46. The Morgan fingerprint density at radius 1 is 1.25 bits per heavy atom. The highest BCUT2D eigenvalue weighted by Gasteiger charge is 2.41. The summed E-state index contributed by atoms with van der Waals surface area (Å²) in [7, 11) is 3.85. The molecule has 1 unspecified atom stereocenters. The van der Waals surface area contributed by atoms with E-state index in [0.717, 1.165) is 12.8 Å². The van der Waals surface area contributed by atoms with Gasteiger partial charge >= 0.3 is 6.18 Å². The topological polar surface area (TPSA) is 18.8 Å². The second-order valence-electron chi connectivity index (χ2n) is 6.05. The summed E-state index contributed by atoms with van der Waals surface area (Å²) >= 11 is 0. The second kappa shape index (κ2) is 6.43. The molecule has 0 aromatic rings. The maximum atomic E-state index is 12.3. The van der Waals surface area contributed by atoms with Crippen LogP contribution in [0.3, 0.4) is 0 Å². The molecule has 2 fully saturated rings. The molecule has 2 aliphatic rings. The Morgan fingerprint density at radius 2 is 1.90 bits per heavy atom. The fraction of sp³-hybridized carbons (Fsp3) is 0.929. The molecule has 0 aromatic carbocycles. The van der Waals surface area contributed by atoms with Crippen LogP contribution in [0.4, 0.5) is 13.2 Å². The van der Waals surface area contributed by atoms with Gasteiger partial charge in [0.05, 0.1) is 6.54 Å². The van der Waals surface area contributed by atoms with Gasteiger partial charge < -0.3 is 4.99 Å². The van der Waals surface area contributed by atoms with E-state index >= 15 is 0 Å². The van der Waals surface area contributed by atoms with Gasteiger partial charge in [0.1, 0.15) is 0 Å². The minimum absolute atomic E-state index is 0.258. The summed E-state index contributed by atoms with van der Waals surface area (Å²) in [6.07, 6.45) is 2.65. The number of hydrogen-bond acceptors (Lipinski definition) is 3. The average Bonchev–Trinajstić information content (AvgIpc) is 2.32. The lowest BCUT2D eigenvalue weighted by molar-refractivity contribution is -0.161. The van der Waals surface area contributed by atoms with Crippen LogP contribution in [-0.4, -0.2) is 68.0 Å². The number of likely N-dealkylation sites (N-methyl/N-ethyl adjacent to an activating group) is 1. The number of halogens is 3. The smallest absolute Gasteiger partial charge is 0.301 e. The number of alkyl halides is 3. The standard InChI is InChI=1S/C14H24F3N3/c1-18-7-11-5-3-4-6-13(11)19(2)12-8-20(9-12)10-14(15,16)17/h7,11-13H,3-6,8-10H2,1-2H3/b18-7+/t11?,13-/m0/s1. The van der Waals surface area contributed by atoms with Crippen LogP contribution in [0.15, 0.2) is 4.99 Å². The van der Waals surface area contributed by atoms with Gasteiger partial charge in [-0.1, -0.05) is 12.8 Å². The SMILES string of the molecule is C/N=C/C1CCCC[C@@H]1N(C)C1CN(CC(F)(F)F)C1. The Kier molecular flexibility index (Phi) is 5.07. The Hall–Kier alpha value is -0.620. The van der Waals surface area contributed by atoms with E-state index in [9.17, 15) is 13.2 Å². The molecule has 1 saturated carbocycles. The monoisotopic (exact) mass is 291 g/mol. The quantitative estimate of drug-likeness (QED) is 0.741. The molecule has 1 aliphatic carbocycles. The summed E-state index contributed by atoms with van der Waals surface area (Å²) in [5.74, 6) is 0.454. The van der Waals surface area contributed by atoms with Crippen molar-refractivity contribution in [1.29, 1.82) is 0 Å². The van der Waals surface area contributed by atoms with Crippen molar-refractivity contribution in [2.75, 3.05) is 33.7 Å². The highest BCUT2D eigenvalue weighted by atomic mass is 19.4. The van der Waals surface area contributed by atoms with Crippen LogP contribution in [0.25, 0.3) is 0 Å². The first-order valence-electron chi connectivity index (χ1n) is 7.34. The van der Waals surface area contributed by atoms with Crippen molar-refractivity contribution < 1.29 is 13.2 Å². The minimum atomic E-state index is -4.08. The lowest BCUT2D eigenvalue weighted by atomic mass is 9.83. The molecule has 2 rings (SSSR count). The molecular weight excluding hydrogens is 267 g/mol. The Balaban J connectivity index is 1.84. The van der Waals surface area contributed by atoms with E-state index in [-0.39, 0.29) is 6.04 Å². The number of hydrogen-bond donors (Lipinski definition) is 0. The van der Waals surface area contributed by atoms with Crippen molar-refractivity contribution >= 4 is 6.21 Å². The highest BCUT2D eigenvalue weighted by Crippen LogP contribution is 2.30. The maximum Gasteiger partial charge on any atom is 0.401 e. The zero-order valence-corrected chi connectivity index (χ0v) is 12.2. The van der Waals surface area contributed by atoms with Gasteiger partial charge in [-0.15, -0.1) is 0 Å². The summed E-state index contributed by atoms with van der Waals surface area (Å²) in [5.41, 5.74) is 0. The molecule has 0 amide bonds. The van der Waals surface area contributed by atoms with Crippen LogP contribution in [0, 0.1) is 5.92 Å². The van der Waals surface area contributed by atoms with Crippen LogP contribution in [0.1, 0.15) is 25.7 Å². The first-order valence-corrected chi connectivity index (χ1v) is 7.34. The van der Waals surface area contributed by atoms with Gasteiger partial charge in [0, 0.05) is 44.4 Å². The van der Waals surface area contributed by atoms with Crippen LogP contribution in [0.5, 0.6) is 0 Å². The van der Waals surface area contributed by atoms with Gasteiger partial charge in [0.15, 0.2) is 0 Å². The molecule has 0 radical (unpaired) electrons. The average molecular weight is 291 g/mol. The third-order valence-electron chi connectivity index (χ3n) is 4.56. The van der Waals surface area contributed by atoms with Crippen molar-refractivity contribution in [3.05, 3.63) is 0 Å². The van der Waals surface area contributed by atoms with Gasteiger partial charge in [-0.2, -0.15) is 13.2 Å². The van der Waals surface area contributed by atoms with Crippen LogP contribution >= 0.6 is 0 Å². The molecule has 2 atom stereocenters. The largest absolute Gasteiger partial charge is 0.401 e. The minimum Gasteiger partial charge on any atom is -0.301 e. The third-order valence-corrected chi connectivity index (χ3v) is 4.56. The zero-order chi connectivity index (χ0) is 14.8. The number of nitrogens with zero attached hydrogens (tertiary/aromatic N) is 3. The van der Waals surface area contributed by atoms with Gasteiger partial charge in [-0.25, -0.2) is 0 Å². The Morgan fingerprint density at radius 3 is 2.50 bits per heavy atom. The molecule has 1 heterocycles. The maximum absolute atomic E-state index is 12.3. The fourth-order valence-electron chi connectivity index (χ4n) is 3.46. The van der Waals surface area contributed by atoms with E-state index in [4.69, 9.17) is 0 Å². The van der Waals surface area contributed by atoms with Gasteiger partial charge in [-0.3, -0.25) is 9.80 Å². The molecule has 1 saturated heterocycles. The molecule has 0 spiro atoms. The van der Waals surface area contributed by atoms with E-state index in [2.05, 4.69) is 16.9 Å². The summed E-state index contributed by atoms with van der Waals surface area (Å²) in [6, 6.07) is 0.693. The summed E-state index contributed by atoms with van der Waals surface area (Å²) in [6.45, 7) is 0.285. The molecule has 6 heteroatoms. The van der Waals surface area contributed by atoms with Crippen molar-refractivity contribution in [2.45, 2.75) is 43.9 Å². The van der Waals surface area contributed by atoms with Gasteiger partial charge in [0.25, 0.3) is 0 Å². The molecule has 0 aromatic heterocycles. The molecule has 20 heavy (non-hydrogen) atoms. The van der Waals surface area contributed by atoms with E-state index in [1.165, 1.54) is 17.7 Å². The first kappa shape index (κ1) is 15.8. The molecule has 0 N–H and O–H groups in total. The normalized spacial score (nSPS) is 30.1. The summed E-state index contributed by atoms with van der Waals surface area (Å²) in [5, 5.41) is 0. The van der Waals surface area contributed by atoms with Crippen molar-refractivity contribution in [3.63, 3.8) is 0 Å². The van der Waals surface area contributed by atoms with Crippen molar-refractivity contribution in [3.8, 4) is 0 Å². The third kappa shape index (κ3) is 3.95. The van der Waals surface area contributed by atoms with E-state index in [0.29, 0.717) is 25.0 Å².